The molecule has 0 unspecified atom stereocenters. The number of hydrogen-bond donors (Lipinski definition) is 2. The Morgan fingerprint density at radius 1 is 1.44 bits per heavy atom. The Hall–Kier alpha value is -3.58. The molecule has 2 heterocycles. The molecule has 3 N–H and O–H groups in total. The summed E-state index contributed by atoms with van der Waals surface area (Å²) in [7, 11) is 1.54. The fourth-order valence-electron chi connectivity index (χ4n) is 2.83. The van der Waals surface area contributed by atoms with Crippen LogP contribution >= 0.6 is 0 Å². The van der Waals surface area contributed by atoms with Crippen molar-refractivity contribution in [3.8, 4) is 35.8 Å². The number of benzene rings is 1. The van der Waals surface area contributed by atoms with Crippen molar-refractivity contribution in [2.24, 2.45) is 5.73 Å². The van der Waals surface area contributed by atoms with Gasteiger partial charge in [0.05, 0.1) is 13.0 Å². The summed E-state index contributed by atoms with van der Waals surface area (Å²) in [6.45, 7) is 1.99. The Bertz CT molecular complexity index is 931. The van der Waals surface area contributed by atoms with Gasteiger partial charge < -0.3 is 19.9 Å². The van der Waals surface area contributed by atoms with E-state index >= 15 is 0 Å². The Morgan fingerprint density at radius 3 is 2.92 bits per heavy atom. The third kappa shape index (κ3) is 2.73. The highest BCUT2D eigenvalue weighted by atomic mass is 16.5. The highest BCUT2D eigenvalue weighted by Gasteiger charge is 2.34. The van der Waals surface area contributed by atoms with Gasteiger partial charge in [0, 0.05) is 11.3 Å². The molecule has 25 heavy (non-hydrogen) atoms. The Balaban J connectivity index is 2.13. The fourth-order valence-corrected chi connectivity index (χ4v) is 2.83. The molecule has 0 saturated heterocycles. The number of allylic oxidation sites excluding steroid dienone is 1. The third-order valence-electron chi connectivity index (χ3n) is 3.96. The van der Waals surface area contributed by atoms with Gasteiger partial charge in [-0.15, -0.1) is 11.5 Å². The summed E-state index contributed by atoms with van der Waals surface area (Å²) in [6.07, 6.45) is 5.23. The molecular weight excluding hydrogens is 320 g/mol. The van der Waals surface area contributed by atoms with E-state index in [1.165, 1.54) is 7.11 Å². The molecule has 0 radical (unpaired) electrons. The molecule has 0 fully saturated rings. The van der Waals surface area contributed by atoms with Gasteiger partial charge in [0.15, 0.2) is 11.5 Å². The molecule has 0 saturated carbocycles. The molecule has 1 atom stereocenters. The number of terminal acetylenes is 1. The lowest BCUT2D eigenvalue weighted by atomic mass is 9.84. The van der Waals surface area contributed by atoms with Gasteiger partial charge in [-0.05, 0) is 24.6 Å². The minimum absolute atomic E-state index is 0.0399. The molecule has 0 spiro atoms. The fraction of sp³-hybridized carbons (Fsp3) is 0.222. The standard InChI is InChI=1S/C18H16N4O3/c1-4-7-24-13-6-5-11(8-14(13)23-3)16-12(9-19)17(20)25-18-15(16)10(2)21-22-18/h1,5-6,8,16H,7,20H2,2-3H3,(H,21,22)/t16-/m1/s1. The Kier molecular flexibility index (Phi) is 4.23. The van der Waals surface area contributed by atoms with Gasteiger partial charge in [0.1, 0.15) is 18.2 Å². The van der Waals surface area contributed by atoms with Crippen LogP contribution in [0.4, 0.5) is 0 Å². The van der Waals surface area contributed by atoms with Crippen LogP contribution in [-0.4, -0.2) is 23.9 Å². The molecule has 1 aliphatic rings. The minimum atomic E-state index is -0.414. The van der Waals surface area contributed by atoms with E-state index in [0.717, 1.165) is 16.8 Å². The van der Waals surface area contributed by atoms with Crippen LogP contribution < -0.4 is 19.9 Å². The number of H-pyrrole nitrogens is 1. The number of nitriles is 1. The second-order valence-corrected chi connectivity index (χ2v) is 5.40. The van der Waals surface area contributed by atoms with E-state index in [2.05, 4.69) is 22.2 Å². The van der Waals surface area contributed by atoms with E-state index in [9.17, 15) is 5.26 Å². The predicted octanol–water partition coefficient (Wildman–Crippen LogP) is 1.96. The van der Waals surface area contributed by atoms with Gasteiger partial charge in [0.2, 0.25) is 11.8 Å². The number of aryl methyl sites for hydroxylation is 1. The highest BCUT2D eigenvalue weighted by Crippen LogP contribution is 2.44. The average molecular weight is 336 g/mol. The third-order valence-corrected chi connectivity index (χ3v) is 3.96. The smallest absolute Gasteiger partial charge is 0.244 e. The first-order valence-corrected chi connectivity index (χ1v) is 7.47. The first-order chi connectivity index (χ1) is 12.1. The number of ether oxygens (including phenoxy) is 3. The summed E-state index contributed by atoms with van der Waals surface area (Å²) >= 11 is 0. The second kappa shape index (κ2) is 6.50. The van der Waals surface area contributed by atoms with Crippen molar-refractivity contribution in [3.05, 3.63) is 46.5 Å². The van der Waals surface area contributed by atoms with Crippen LogP contribution in [0.25, 0.3) is 0 Å². The molecule has 0 bridgehead atoms. The summed E-state index contributed by atoms with van der Waals surface area (Å²) in [5.74, 6) is 3.44. The van der Waals surface area contributed by atoms with Crippen LogP contribution in [0, 0.1) is 30.6 Å². The van der Waals surface area contributed by atoms with E-state index in [4.69, 9.17) is 26.4 Å². The molecule has 3 rings (SSSR count). The van der Waals surface area contributed by atoms with Gasteiger partial charge in [-0.25, -0.2) is 0 Å². The maximum Gasteiger partial charge on any atom is 0.244 e. The number of aromatic nitrogens is 2. The lowest BCUT2D eigenvalue weighted by molar-refractivity contribution is 0.330. The molecule has 7 heteroatoms. The van der Waals surface area contributed by atoms with Crippen LogP contribution in [0.2, 0.25) is 0 Å². The average Bonchev–Trinajstić information content (AvgIpc) is 2.99. The zero-order chi connectivity index (χ0) is 18.0. The largest absolute Gasteiger partial charge is 0.493 e. The number of fused-ring (bicyclic) bond motifs is 1. The molecule has 126 valence electrons. The van der Waals surface area contributed by atoms with Crippen molar-refractivity contribution in [1.82, 2.24) is 10.2 Å². The van der Waals surface area contributed by atoms with E-state index in [1.54, 1.807) is 12.1 Å². The number of aromatic amines is 1. The molecule has 0 aliphatic carbocycles. The summed E-state index contributed by atoms with van der Waals surface area (Å²) in [5.41, 5.74) is 8.60. The van der Waals surface area contributed by atoms with E-state index < -0.39 is 5.92 Å². The molecular formula is C18H16N4O3. The molecule has 0 amide bonds. The molecule has 7 nitrogen and oxygen atoms in total. The zero-order valence-electron chi connectivity index (χ0n) is 13.8. The second-order valence-electron chi connectivity index (χ2n) is 5.40. The topological polar surface area (TPSA) is 106 Å². The van der Waals surface area contributed by atoms with E-state index in [-0.39, 0.29) is 12.5 Å². The zero-order valence-corrected chi connectivity index (χ0v) is 13.8. The van der Waals surface area contributed by atoms with Crippen LogP contribution in [0.3, 0.4) is 0 Å². The Morgan fingerprint density at radius 2 is 2.24 bits per heavy atom. The summed E-state index contributed by atoms with van der Waals surface area (Å²) < 4.78 is 16.3. The van der Waals surface area contributed by atoms with Crippen molar-refractivity contribution in [2.75, 3.05) is 13.7 Å². The van der Waals surface area contributed by atoms with Crippen LogP contribution in [0.1, 0.15) is 22.7 Å². The first kappa shape index (κ1) is 16.3. The van der Waals surface area contributed by atoms with Crippen LogP contribution in [-0.2, 0) is 0 Å². The SMILES string of the molecule is C#CCOc1ccc([C@@H]2C(C#N)=C(N)Oc3n[nH]c(C)c32)cc1OC. The minimum Gasteiger partial charge on any atom is -0.493 e. The van der Waals surface area contributed by atoms with Gasteiger partial charge in [-0.1, -0.05) is 12.0 Å². The van der Waals surface area contributed by atoms with Gasteiger partial charge in [0.25, 0.3) is 0 Å². The lowest BCUT2D eigenvalue weighted by Crippen LogP contribution is -2.21. The lowest BCUT2D eigenvalue weighted by Gasteiger charge is -2.24. The van der Waals surface area contributed by atoms with Gasteiger partial charge in [-0.2, -0.15) is 5.26 Å². The number of hydrogen-bond acceptors (Lipinski definition) is 6. The number of nitrogens with zero attached hydrogens (tertiary/aromatic N) is 2. The summed E-state index contributed by atoms with van der Waals surface area (Å²) in [4.78, 5) is 0. The Labute approximate surface area is 145 Å². The van der Waals surface area contributed by atoms with Crippen molar-refractivity contribution in [3.63, 3.8) is 0 Å². The number of methoxy groups -OCH3 is 1. The quantitative estimate of drug-likeness (QED) is 0.827. The number of rotatable bonds is 4. The molecule has 1 aromatic heterocycles. The van der Waals surface area contributed by atoms with Crippen molar-refractivity contribution < 1.29 is 14.2 Å². The summed E-state index contributed by atoms with van der Waals surface area (Å²) in [6, 6.07) is 7.52. The molecule has 2 aromatic rings. The maximum atomic E-state index is 9.57. The van der Waals surface area contributed by atoms with Crippen molar-refractivity contribution in [2.45, 2.75) is 12.8 Å². The number of nitrogens with two attached hydrogens (primary N) is 1. The predicted molar refractivity (Wildman–Crippen MR) is 89.9 cm³/mol. The summed E-state index contributed by atoms with van der Waals surface area (Å²) in [5, 5.41) is 16.5. The molecule has 1 aliphatic heterocycles. The van der Waals surface area contributed by atoms with E-state index in [0.29, 0.717) is 23.0 Å². The number of nitrogens with one attached hydrogen (secondary N) is 1. The van der Waals surface area contributed by atoms with Gasteiger partial charge in [-0.3, -0.25) is 5.10 Å². The van der Waals surface area contributed by atoms with Crippen molar-refractivity contribution >= 4 is 0 Å². The maximum absolute atomic E-state index is 9.57. The van der Waals surface area contributed by atoms with Crippen molar-refractivity contribution in [1.29, 1.82) is 5.26 Å². The van der Waals surface area contributed by atoms with Crippen LogP contribution in [0.15, 0.2) is 29.7 Å². The normalized spacial score (nSPS) is 15.6. The van der Waals surface area contributed by atoms with E-state index in [1.807, 2.05) is 13.0 Å². The van der Waals surface area contributed by atoms with Gasteiger partial charge >= 0.3 is 0 Å². The highest BCUT2D eigenvalue weighted by molar-refractivity contribution is 5.57. The monoisotopic (exact) mass is 336 g/mol. The molecule has 1 aromatic carbocycles. The van der Waals surface area contributed by atoms with Crippen LogP contribution in [0.5, 0.6) is 17.4 Å². The first-order valence-electron chi connectivity index (χ1n) is 7.47.